The van der Waals surface area contributed by atoms with Crippen molar-refractivity contribution in [3.63, 3.8) is 0 Å². The fourth-order valence-electron chi connectivity index (χ4n) is 6.91. The van der Waals surface area contributed by atoms with Crippen molar-refractivity contribution in [1.29, 1.82) is 0 Å². The van der Waals surface area contributed by atoms with Crippen molar-refractivity contribution in [3.05, 3.63) is 162 Å². The molecular formula is C51H49IrN3O-2. The Balaban J connectivity index is 0.000000336. The number of aromatic nitrogens is 3. The first kappa shape index (κ1) is 30.9. The predicted octanol–water partition coefficient (Wildman–Crippen LogP) is 13.9. The van der Waals surface area contributed by atoms with Crippen molar-refractivity contribution in [3.8, 4) is 44.9 Å². The molecule has 0 spiro atoms. The second-order valence-electron chi connectivity index (χ2n) is 15.1. The van der Waals surface area contributed by atoms with Crippen molar-refractivity contribution >= 4 is 22.1 Å². The summed E-state index contributed by atoms with van der Waals surface area (Å²) >= 11 is 0. The van der Waals surface area contributed by atoms with Gasteiger partial charge in [-0.05, 0) is 87.8 Å². The van der Waals surface area contributed by atoms with Gasteiger partial charge in [0.25, 0.3) is 0 Å². The molecular weight excluding hydrogens is 863 g/mol. The van der Waals surface area contributed by atoms with Crippen LogP contribution >= 0.6 is 0 Å². The van der Waals surface area contributed by atoms with Crippen LogP contribution in [0, 0.1) is 25.8 Å². The maximum Gasteiger partial charge on any atom is 0.216 e. The second-order valence-corrected chi connectivity index (χ2v) is 15.1. The third-order valence-electron chi connectivity index (χ3n) is 9.60. The maximum atomic E-state index is 9.28. The second kappa shape index (κ2) is 16.9. The molecule has 8 rings (SSSR count). The van der Waals surface area contributed by atoms with E-state index >= 15 is 0 Å². The summed E-state index contributed by atoms with van der Waals surface area (Å²) in [7, 11) is 0. The van der Waals surface area contributed by atoms with Gasteiger partial charge in [-0.15, -0.1) is 54.1 Å². The van der Waals surface area contributed by atoms with Crippen LogP contribution in [0.2, 0.25) is 0 Å². The van der Waals surface area contributed by atoms with Gasteiger partial charge in [0, 0.05) is 54.4 Å². The standard InChI is InChI=1S/C39H39N2O.C12H10N.Ir/c1-23(2)27-17-18-28(26-13-10-9-11-14-26)35(24(3)4)36(27)33-20-19-30-29-15-12-16-31(37(29)42-38(30)41-33)34-21-25(5)32(22-40-34)39(6,7)8;1-10-7-8-12(13-9-10)11-5-3-2-4-6-11;/h9-15,17-24H,1-8H3;2-5,7-9H,1H3;/q2*-1;/i5D3,23D,24D;1D3;. The molecule has 0 aliphatic rings. The van der Waals surface area contributed by atoms with Gasteiger partial charge in [0.2, 0.25) is 5.71 Å². The van der Waals surface area contributed by atoms with E-state index in [2.05, 4.69) is 22.1 Å². The predicted molar refractivity (Wildman–Crippen MR) is 229 cm³/mol. The molecule has 4 aromatic carbocycles. The molecule has 0 aliphatic carbocycles. The summed E-state index contributed by atoms with van der Waals surface area (Å²) in [6, 6.07) is 40.3. The topological polar surface area (TPSA) is 51.8 Å². The first-order chi connectivity index (χ1) is 29.4. The molecule has 0 saturated carbocycles. The van der Waals surface area contributed by atoms with Crippen LogP contribution in [0.5, 0.6) is 0 Å². The van der Waals surface area contributed by atoms with E-state index in [4.69, 9.17) is 19.0 Å². The molecule has 4 heterocycles. The van der Waals surface area contributed by atoms with Gasteiger partial charge in [0.15, 0.2) is 0 Å². The van der Waals surface area contributed by atoms with Crippen molar-refractivity contribution in [2.45, 2.75) is 79.4 Å². The van der Waals surface area contributed by atoms with E-state index in [1.165, 1.54) is 6.20 Å². The third kappa shape index (κ3) is 8.31. The largest absolute Gasteiger partial charge is 0.486 e. The summed E-state index contributed by atoms with van der Waals surface area (Å²) in [4.78, 5) is 13.9. The molecule has 1 radical (unpaired) electrons. The smallest absolute Gasteiger partial charge is 0.216 e. The number of aryl methyl sites for hydroxylation is 2. The monoisotopic (exact) mass is 920 g/mol. The molecule has 0 saturated heterocycles. The number of nitrogens with zero attached hydrogens (tertiary/aromatic N) is 3. The van der Waals surface area contributed by atoms with Crippen molar-refractivity contribution in [2.75, 3.05) is 0 Å². The zero-order valence-corrected chi connectivity index (χ0v) is 35.0. The van der Waals surface area contributed by atoms with E-state index in [0.717, 1.165) is 49.8 Å². The van der Waals surface area contributed by atoms with Crippen LogP contribution in [0.25, 0.3) is 67.0 Å². The fourth-order valence-corrected chi connectivity index (χ4v) is 6.91. The molecule has 4 nitrogen and oxygen atoms in total. The van der Waals surface area contributed by atoms with Crippen LogP contribution in [0.15, 0.2) is 126 Å². The van der Waals surface area contributed by atoms with Crippen molar-refractivity contribution < 1.29 is 35.5 Å². The molecule has 56 heavy (non-hydrogen) atoms. The Bertz CT molecular complexity index is 2910. The number of pyridine rings is 3. The summed E-state index contributed by atoms with van der Waals surface area (Å²) in [5.74, 6) is -1.98. The third-order valence-corrected chi connectivity index (χ3v) is 9.60. The first-order valence-corrected chi connectivity index (χ1v) is 18.4. The van der Waals surface area contributed by atoms with Crippen LogP contribution in [-0.4, -0.2) is 15.0 Å². The van der Waals surface area contributed by atoms with Gasteiger partial charge in [0.05, 0.1) is 11.3 Å². The average Bonchev–Trinajstić information content (AvgIpc) is 3.60. The zero-order valence-electron chi connectivity index (χ0n) is 40.6. The molecule has 0 fully saturated rings. The van der Waals surface area contributed by atoms with Gasteiger partial charge in [0.1, 0.15) is 0 Å². The van der Waals surface area contributed by atoms with Crippen LogP contribution in [0.3, 0.4) is 0 Å². The van der Waals surface area contributed by atoms with Gasteiger partial charge >= 0.3 is 0 Å². The van der Waals surface area contributed by atoms with Crippen LogP contribution < -0.4 is 0 Å². The minimum absolute atomic E-state index is 0. The van der Waals surface area contributed by atoms with Gasteiger partial charge < -0.3 is 14.4 Å². The first-order valence-electron chi connectivity index (χ1n) is 22.4. The van der Waals surface area contributed by atoms with Crippen LogP contribution in [-0.2, 0) is 25.5 Å². The van der Waals surface area contributed by atoms with Gasteiger partial charge in [-0.2, -0.15) is 0 Å². The summed E-state index contributed by atoms with van der Waals surface area (Å²) in [5, 5.41) is 1.60. The number of furan rings is 1. The Hall–Kier alpha value is -5.22. The molecule has 0 unspecified atom stereocenters. The molecule has 285 valence electrons. The van der Waals surface area contributed by atoms with E-state index in [0.29, 0.717) is 33.8 Å². The van der Waals surface area contributed by atoms with E-state index in [-0.39, 0.29) is 31.2 Å². The Morgan fingerprint density at radius 3 is 2.14 bits per heavy atom. The summed E-state index contributed by atoms with van der Waals surface area (Å²) in [6.45, 7) is 8.95. The summed E-state index contributed by atoms with van der Waals surface area (Å²) in [6.07, 6.45) is 3.04. The molecule has 0 atom stereocenters. The summed E-state index contributed by atoms with van der Waals surface area (Å²) < 4.78 is 71.2. The Labute approximate surface area is 357 Å². The number of fused-ring (bicyclic) bond motifs is 3. The van der Waals surface area contributed by atoms with Gasteiger partial charge in [-0.25, -0.2) is 4.98 Å². The number of hydrogen-bond acceptors (Lipinski definition) is 4. The quantitative estimate of drug-likeness (QED) is 0.156. The Kier molecular flexibility index (Phi) is 9.32. The van der Waals surface area contributed by atoms with Crippen LogP contribution in [0.4, 0.5) is 0 Å². The van der Waals surface area contributed by atoms with Gasteiger partial charge in [-0.1, -0.05) is 126 Å². The van der Waals surface area contributed by atoms with Crippen LogP contribution in [0.1, 0.15) is 99.0 Å². The molecule has 0 amide bonds. The molecule has 0 aliphatic heterocycles. The van der Waals surface area contributed by atoms with E-state index in [1.54, 1.807) is 36.5 Å². The fraction of sp³-hybridized carbons (Fsp3) is 0.235. The molecule has 5 heteroatoms. The Morgan fingerprint density at radius 2 is 1.48 bits per heavy atom. The van der Waals surface area contributed by atoms with E-state index in [9.17, 15) is 1.37 Å². The summed E-state index contributed by atoms with van der Waals surface area (Å²) in [5.41, 5.74) is 9.14. The maximum absolute atomic E-state index is 9.28. The van der Waals surface area contributed by atoms with E-state index in [1.807, 2.05) is 127 Å². The molecule has 0 bridgehead atoms. The number of hydrogen-bond donors (Lipinski definition) is 0. The van der Waals surface area contributed by atoms with Crippen molar-refractivity contribution in [1.82, 2.24) is 15.0 Å². The SMILES string of the molecule is [2H]C([2H])([2H])c1cc(-c2[c-]ccc3c2oc2nc(-c4c(C([2H])(C)C)ccc(-c5ccccc5)c4C([2H])(C)C)ccc23)ncc1C(C)(C)C.[2H]C([2H])([2H])c1ccc(-c2[c-]cccc2)nc1.[Ir]. The Morgan fingerprint density at radius 1 is 0.714 bits per heavy atom. The molecule has 0 N–H and O–H groups in total. The molecule has 8 aromatic rings. The number of benzene rings is 4. The minimum atomic E-state index is -2.32. The molecule has 4 aromatic heterocycles. The minimum Gasteiger partial charge on any atom is -0.486 e. The normalized spacial score (nSPS) is 14.4. The van der Waals surface area contributed by atoms with Crippen molar-refractivity contribution in [2.24, 2.45) is 0 Å². The van der Waals surface area contributed by atoms with Gasteiger partial charge in [-0.3, -0.25) is 0 Å². The average molecular weight is 920 g/mol. The van der Waals surface area contributed by atoms with E-state index < -0.39 is 30.9 Å². The zero-order chi connectivity index (χ0) is 45.7. The number of rotatable bonds is 6.